The van der Waals surface area contributed by atoms with Crippen molar-refractivity contribution in [1.29, 1.82) is 0 Å². The number of thiazole rings is 1. The Kier molecular flexibility index (Phi) is 2.45. The van der Waals surface area contributed by atoms with Gasteiger partial charge < -0.3 is 5.11 Å². The van der Waals surface area contributed by atoms with E-state index in [0.29, 0.717) is 9.84 Å². The maximum absolute atomic E-state index is 11.4. The second-order valence-electron chi connectivity index (χ2n) is 2.79. The molecule has 0 atom stereocenters. The molecular formula is C8H5ClN2O3S. The van der Waals surface area contributed by atoms with Crippen molar-refractivity contribution < 1.29 is 9.90 Å². The molecule has 2 aromatic heterocycles. The Morgan fingerprint density at radius 2 is 2.40 bits per heavy atom. The van der Waals surface area contributed by atoms with E-state index >= 15 is 0 Å². The third-order valence-corrected chi connectivity index (χ3v) is 3.33. The van der Waals surface area contributed by atoms with E-state index < -0.39 is 5.97 Å². The Morgan fingerprint density at radius 1 is 1.67 bits per heavy atom. The number of aromatic nitrogens is 2. The van der Waals surface area contributed by atoms with Gasteiger partial charge in [0, 0.05) is 12.3 Å². The van der Waals surface area contributed by atoms with Crippen LogP contribution >= 0.6 is 22.9 Å². The van der Waals surface area contributed by atoms with Gasteiger partial charge in [-0.25, -0.2) is 9.38 Å². The molecule has 7 heteroatoms. The van der Waals surface area contributed by atoms with Gasteiger partial charge in [0.25, 0.3) is 5.56 Å². The van der Waals surface area contributed by atoms with E-state index in [0.717, 1.165) is 11.3 Å². The van der Waals surface area contributed by atoms with E-state index in [2.05, 4.69) is 4.98 Å². The molecule has 2 aromatic rings. The summed E-state index contributed by atoms with van der Waals surface area (Å²) in [6.45, 7) is 0. The molecule has 0 aliphatic rings. The van der Waals surface area contributed by atoms with Crippen LogP contribution in [0.4, 0.5) is 0 Å². The van der Waals surface area contributed by atoms with E-state index in [4.69, 9.17) is 16.7 Å². The zero-order valence-electron chi connectivity index (χ0n) is 7.31. The number of halogens is 1. The topological polar surface area (TPSA) is 71.7 Å². The van der Waals surface area contributed by atoms with Crippen LogP contribution in [0.1, 0.15) is 4.88 Å². The van der Waals surface area contributed by atoms with Crippen molar-refractivity contribution in [3.8, 4) is 0 Å². The normalized spacial score (nSPS) is 10.7. The van der Waals surface area contributed by atoms with Crippen LogP contribution in [0.3, 0.4) is 0 Å². The van der Waals surface area contributed by atoms with Crippen molar-refractivity contribution in [2.45, 2.75) is 6.42 Å². The quantitative estimate of drug-likeness (QED) is 0.857. The molecule has 0 saturated heterocycles. The minimum absolute atomic E-state index is 0.135. The highest BCUT2D eigenvalue weighted by molar-refractivity contribution is 7.17. The van der Waals surface area contributed by atoms with Crippen LogP contribution in [0.2, 0.25) is 5.15 Å². The van der Waals surface area contributed by atoms with Crippen LogP contribution in [0.15, 0.2) is 17.1 Å². The number of fused-ring (bicyclic) bond motifs is 1. The van der Waals surface area contributed by atoms with Gasteiger partial charge in [0.05, 0.1) is 11.3 Å². The molecule has 0 saturated carbocycles. The molecule has 0 amide bonds. The van der Waals surface area contributed by atoms with E-state index in [1.807, 2.05) is 0 Å². The maximum Gasteiger partial charge on any atom is 0.308 e. The number of aliphatic carboxylic acids is 1. The Bertz CT molecular complexity index is 589. The largest absolute Gasteiger partial charge is 0.481 e. The second-order valence-corrected chi connectivity index (χ2v) is 4.21. The van der Waals surface area contributed by atoms with Crippen molar-refractivity contribution in [3.05, 3.63) is 32.6 Å². The predicted octanol–water partition coefficient (Wildman–Crippen LogP) is 1.04. The van der Waals surface area contributed by atoms with Gasteiger partial charge in [0.2, 0.25) is 0 Å². The lowest BCUT2D eigenvalue weighted by Gasteiger charge is -1.92. The van der Waals surface area contributed by atoms with Gasteiger partial charge in [-0.1, -0.05) is 22.9 Å². The third-order valence-electron chi connectivity index (χ3n) is 1.77. The molecule has 0 aliphatic heterocycles. The molecule has 0 fully saturated rings. The van der Waals surface area contributed by atoms with E-state index in [1.54, 1.807) is 0 Å². The van der Waals surface area contributed by atoms with Crippen LogP contribution in [0, 0.1) is 0 Å². The van der Waals surface area contributed by atoms with E-state index in [-0.39, 0.29) is 17.1 Å². The summed E-state index contributed by atoms with van der Waals surface area (Å²) in [6, 6.07) is 1.27. The highest BCUT2D eigenvalue weighted by Gasteiger charge is 2.14. The average molecular weight is 245 g/mol. The molecule has 0 aliphatic carbocycles. The number of nitrogens with zero attached hydrogens (tertiary/aromatic N) is 2. The number of carboxylic acid groups (broad SMARTS) is 1. The summed E-state index contributed by atoms with van der Waals surface area (Å²) in [4.78, 5) is 26.7. The van der Waals surface area contributed by atoms with Gasteiger partial charge in [0.15, 0.2) is 4.96 Å². The van der Waals surface area contributed by atoms with E-state index in [9.17, 15) is 9.59 Å². The summed E-state index contributed by atoms with van der Waals surface area (Å²) in [6.07, 6.45) is 1.17. The van der Waals surface area contributed by atoms with Crippen LogP contribution < -0.4 is 5.56 Å². The van der Waals surface area contributed by atoms with Crippen LogP contribution in [0.5, 0.6) is 0 Å². The number of carbonyl (C=O) groups is 1. The minimum Gasteiger partial charge on any atom is -0.481 e. The Hall–Kier alpha value is -1.40. The number of hydrogen-bond acceptors (Lipinski definition) is 4. The van der Waals surface area contributed by atoms with Crippen LogP contribution in [-0.2, 0) is 11.2 Å². The van der Waals surface area contributed by atoms with Crippen LogP contribution in [-0.4, -0.2) is 20.5 Å². The fraction of sp³-hybridized carbons (Fsp3) is 0.125. The minimum atomic E-state index is -0.989. The molecule has 0 unspecified atom stereocenters. The number of carboxylic acids is 1. The molecule has 2 rings (SSSR count). The van der Waals surface area contributed by atoms with Crippen molar-refractivity contribution in [3.63, 3.8) is 0 Å². The summed E-state index contributed by atoms with van der Waals surface area (Å²) in [5.74, 6) is -0.989. The summed E-state index contributed by atoms with van der Waals surface area (Å²) in [5.41, 5.74) is -0.308. The first kappa shape index (κ1) is 10.1. The lowest BCUT2D eigenvalue weighted by Crippen LogP contribution is -2.11. The lowest BCUT2D eigenvalue weighted by atomic mass is 10.4. The molecule has 2 heterocycles. The fourth-order valence-electron chi connectivity index (χ4n) is 1.17. The zero-order valence-corrected chi connectivity index (χ0v) is 8.88. The Balaban J connectivity index is 2.70. The predicted molar refractivity (Wildman–Crippen MR) is 55.7 cm³/mol. The van der Waals surface area contributed by atoms with Gasteiger partial charge in [-0.3, -0.25) is 9.59 Å². The summed E-state index contributed by atoms with van der Waals surface area (Å²) in [7, 11) is 0. The van der Waals surface area contributed by atoms with Gasteiger partial charge in [0.1, 0.15) is 5.15 Å². The van der Waals surface area contributed by atoms with Crippen molar-refractivity contribution >= 4 is 33.9 Å². The third kappa shape index (κ3) is 1.73. The first-order chi connectivity index (χ1) is 7.09. The summed E-state index contributed by atoms with van der Waals surface area (Å²) in [5, 5.41) is 8.76. The molecule has 0 spiro atoms. The molecule has 0 bridgehead atoms. The lowest BCUT2D eigenvalue weighted by molar-refractivity contribution is -0.136. The molecule has 15 heavy (non-hydrogen) atoms. The number of hydrogen-bond donors (Lipinski definition) is 1. The first-order valence-electron chi connectivity index (χ1n) is 3.96. The smallest absolute Gasteiger partial charge is 0.308 e. The van der Waals surface area contributed by atoms with Crippen molar-refractivity contribution in [1.82, 2.24) is 9.38 Å². The first-order valence-corrected chi connectivity index (χ1v) is 5.16. The van der Waals surface area contributed by atoms with E-state index in [1.165, 1.54) is 16.7 Å². The van der Waals surface area contributed by atoms with Gasteiger partial charge in [-0.05, 0) is 0 Å². The Morgan fingerprint density at radius 3 is 3.00 bits per heavy atom. The second kappa shape index (κ2) is 3.63. The summed E-state index contributed by atoms with van der Waals surface area (Å²) >= 11 is 6.98. The highest BCUT2D eigenvalue weighted by Crippen LogP contribution is 2.25. The zero-order chi connectivity index (χ0) is 11.0. The SMILES string of the molecule is O=C(O)Cc1sc2nccc(=O)n2c1Cl. The van der Waals surface area contributed by atoms with Gasteiger partial charge in [-0.15, -0.1) is 0 Å². The monoisotopic (exact) mass is 244 g/mol. The van der Waals surface area contributed by atoms with Crippen molar-refractivity contribution in [2.24, 2.45) is 0 Å². The molecule has 0 aromatic carbocycles. The Labute approximate surface area is 92.6 Å². The molecule has 78 valence electrons. The summed E-state index contributed by atoms with van der Waals surface area (Å²) < 4.78 is 1.20. The average Bonchev–Trinajstić information content (AvgIpc) is 2.44. The fourth-order valence-corrected chi connectivity index (χ4v) is 2.54. The molecule has 5 nitrogen and oxygen atoms in total. The highest BCUT2D eigenvalue weighted by atomic mass is 35.5. The van der Waals surface area contributed by atoms with Gasteiger partial charge >= 0.3 is 5.97 Å². The van der Waals surface area contributed by atoms with Crippen LogP contribution in [0.25, 0.3) is 4.96 Å². The standard InChI is InChI=1S/C8H5ClN2O3S/c9-7-4(3-6(13)14)15-8-10-2-1-5(12)11(7)8/h1-2H,3H2,(H,13,14). The molecule has 1 N–H and O–H groups in total. The van der Waals surface area contributed by atoms with Gasteiger partial charge in [-0.2, -0.15) is 0 Å². The maximum atomic E-state index is 11.4. The number of rotatable bonds is 2. The van der Waals surface area contributed by atoms with Crippen molar-refractivity contribution in [2.75, 3.05) is 0 Å². The molecular weight excluding hydrogens is 240 g/mol. The molecule has 0 radical (unpaired) electrons.